The standard InChI is InChI=1S/C10H16N2O2/c1-8(6-11)10(13)12-5-3-4-9(7-12)14-2/h8-9H,3-5,7H2,1-2H3. The lowest BCUT2D eigenvalue weighted by molar-refractivity contribution is -0.136. The molecule has 1 aliphatic heterocycles. The van der Waals surface area contributed by atoms with Gasteiger partial charge in [0, 0.05) is 20.2 Å². The van der Waals surface area contributed by atoms with E-state index < -0.39 is 5.92 Å². The SMILES string of the molecule is COC1CCCN(C(=O)C(C)C#N)C1. The molecule has 1 saturated heterocycles. The molecule has 4 nitrogen and oxygen atoms in total. The van der Waals surface area contributed by atoms with E-state index in [1.807, 2.05) is 6.07 Å². The summed E-state index contributed by atoms with van der Waals surface area (Å²) in [5, 5.41) is 8.63. The predicted octanol–water partition coefficient (Wildman–Crippen LogP) is 0.783. The van der Waals surface area contributed by atoms with Gasteiger partial charge in [0.15, 0.2) is 0 Å². The minimum Gasteiger partial charge on any atom is -0.380 e. The first-order valence-electron chi connectivity index (χ1n) is 4.90. The summed E-state index contributed by atoms with van der Waals surface area (Å²) in [6.45, 7) is 3.02. The summed E-state index contributed by atoms with van der Waals surface area (Å²) < 4.78 is 5.21. The van der Waals surface area contributed by atoms with Gasteiger partial charge < -0.3 is 9.64 Å². The first-order valence-corrected chi connectivity index (χ1v) is 4.90. The monoisotopic (exact) mass is 196 g/mol. The number of nitrogens with zero attached hydrogens (tertiary/aromatic N) is 2. The summed E-state index contributed by atoms with van der Waals surface area (Å²) in [5.74, 6) is -0.611. The van der Waals surface area contributed by atoms with Crippen LogP contribution in [0, 0.1) is 17.2 Å². The number of amides is 1. The van der Waals surface area contributed by atoms with Crippen LogP contribution in [0.2, 0.25) is 0 Å². The Kier molecular flexibility index (Phi) is 3.90. The number of carbonyl (C=O) groups is 1. The number of methoxy groups -OCH3 is 1. The predicted molar refractivity (Wildman–Crippen MR) is 51.4 cm³/mol. The Balaban J connectivity index is 2.52. The second-order valence-corrected chi connectivity index (χ2v) is 3.63. The third kappa shape index (κ3) is 2.46. The Labute approximate surface area is 84.4 Å². The Bertz CT molecular complexity index is 247. The zero-order chi connectivity index (χ0) is 10.6. The second kappa shape index (κ2) is 4.97. The van der Waals surface area contributed by atoms with Crippen LogP contribution in [0.15, 0.2) is 0 Å². The molecule has 14 heavy (non-hydrogen) atoms. The fraction of sp³-hybridized carbons (Fsp3) is 0.800. The molecular weight excluding hydrogens is 180 g/mol. The molecule has 0 aromatic carbocycles. The average molecular weight is 196 g/mol. The third-order valence-electron chi connectivity index (χ3n) is 2.59. The molecule has 1 rings (SSSR count). The number of hydrogen-bond acceptors (Lipinski definition) is 3. The van der Waals surface area contributed by atoms with Crippen LogP contribution in [-0.2, 0) is 9.53 Å². The van der Waals surface area contributed by atoms with E-state index in [1.165, 1.54) is 0 Å². The molecule has 1 fully saturated rings. The molecule has 0 saturated carbocycles. The lowest BCUT2D eigenvalue weighted by Gasteiger charge is -2.32. The average Bonchev–Trinajstić information content (AvgIpc) is 2.27. The highest BCUT2D eigenvalue weighted by Crippen LogP contribution is 2.14. The third-order valence-corrected chi connectivity index (χ3v) is 2.59. The molecule has 1 aliphatic rings. The molecule has 0 radical (unpaired) electrons. The molecule has 0 N–H and O–H groups in total. The summed E-state index contributed by atoms with van der Waals surface area (Å²) in [7, 11) is 1.66. The van der Waals surface area contributed by atoms with Crippen molar-refractivity contribution in [1.29, 1.82) is 5.26 Å². The number of rotatable bonds is 2. The first kappa shape index (κ1) is 11.0. The van der Waals surface area contributed by atoms with Crippen LogP contribution in [-0.4, -0.2) is 37.1 Å². The maximum absolute atomic E-state index is 11.6. The highest BCUT2D eigenvalue weighted by Gasteiger charge is 2.26. The van der Waals surface area contributed by atoms with Crippen LogP contribution in [0.1, 0.15) is 19.8 Å². The molecule has 0 aromatic rings. The molecule has 2 unspecified atom stereocenters. The van der Waals surface area contributed by atoms with Crippen molar-refractivity contribution in [3.63, 3.8) is 0 Å². The van der Waals surface area contributed by atoms with Gasteiger partial charge in [-0.2, -0.15) is 5.26 Å². The van der Waals surface area contributed by atoms with E-state index in [-0.39, 0.29) is 12.0 Å². The molecule has 78 valence electrons. The molecule has 0 aliphatic carbocycles. The largest absolute Gasteiger partial charge is 0.380 e. The lowest BCUT2D eigenvalue weighted by Crippen LogP contribution is -2.44. The summed E-state index contributed by atoms with van der Waals surface area (Å²) >= 11 is 0. The van der Waals surface area contributed by atoms with Gasteiger partial charge in [0.1, 0.15) is 5.92 Å². The van der Waals surface area contributed by atoms with Crippen LogP contribution in [0.25, 0.3) is 0 Å². The number of carbonyl (C=O) groups excluding carboxylic acids is 1. The minimum atomic E-state index is -0.536. The molecule has 0 aromatic heterocycles. The first-order chi connectivity index (χ1) is 6.69. The summed E-state index contributed by atoms with van der Waals surface area (Å²) in [5.41, 5.74) is 0. The van der Waals surface area contributed by atoms with Crippen molar-refractivity contribution in [1.82, 2.24) is 4.90 Å². The second-order valence-electron chi connectivity index (χ2n) is 3.63. The Hall–Kier alpha value is -1.08. The summed E-state index contributed by atoms with van der Waals surface area (Å²) in [6.07, 6.45) is 2.10. The van der Waals surface area contributed by atoms with E-state index in [1.54, 1.807) is 18.9 Å². The number of likely N-dealkylation sites (tertiary alicyclic amines) is 1. The van der Waals surface area contributed by atoms with Crippen LogP contribution >= 0.6 is 0 Å². The van der Waals surface area contributed by atoms with Gasteiger partial charge in [-0.1, -0.05) is 0 Å². The van der Waals surface area contributed by atoms with Crippen molar-refractivity contribution in [2.45, 2.75) is 25.9 Å². The summed E-state index contributed by atoms with van der Waals surface area (Å²) in [6, 6.07) is 1.96. The van der Waals surface area contributed by atoms with E-state index in [0.29, 0.717) is 6.54 Å². The number of nitriles is 1. The molecule has 0 bridgehead atoms. The van der Waals surface area contributed by atoms with Crippen molar-refractivity contribution in [2.24, 2.45) is 5.92 Å². The van der Waals surface area contributed by atoms with E-state index >= 15 is 0 Å². The van der Waals surface area contributed by atoms with Gasteiger partial charge in [-0.05, 0) is 19.8 Å². The van der Waals surface area contributed by atoms with Crippen LogP contribution in [0.5, 0.6) is 0 Å². The van der Waals surface area contributed by atoms with Gasteiger partial charge in [-0.3, -0.25) is 4.79 Å². The Morgan fingerprint density at radius 1 is 1.71 bits per heavy atom. The normalized spacial score (nSPS) is 24.1. The fourth-order valence-corrected chi connectivity index (χ4v) is 1.66. The Morgan fingerprint density at radius 2 is 2.43 bits per heavy atom. The number of piperidine rings is 1. The van der Waals surface area contributed by atoms with Gasteiger partial charge in [0.2, 0.25) is 5.91 Å². The van der Waals surface area contributed by atoms with E-state index in [0.717, 1.165) is 19.4 Å². The number of ether oxygens (including phenoxy) is 1. The molecule has 1 amide bonds. The summed E-state index contributed by atoms with van der Waals surface area (Å²) in [4.78, 5) is 13.4. The smallest absolute Gasteiger partial charge is 0.239 e. The van der Waals surface area contributed by atoms with Gasteiger partial charge in [0.05, 0.1) is 12.2 Å². The van der Waals surface area contributed by atoms with Gasteiger partial charge in [0.25, 0.3) is 0 Å². The number of hydrogen-bond donors (Lipinski definition) is 0. The van der Waals surface area contributed by atoms with Gasteiger partial charge >= 0.3 is 0 Å². The van der Waals surface area contributed by atoms with Crippen molar-refractivity contribution >= 4 is 5.91 Å². The van der Waals surface area contributed by atoms with E-state index in [9.17, 15) is 4.79 Å². The Morgan fingerprint density at radius 3 is 3.00 bits per heavy atom. The van der Waals surface area contributed by atoms with Gasteiger partial charge in [-0.25, -0.2) is 0 Å². The molecule has 2 atom stereocenters. The van der Waals surface area contributed by atoms with Crippen molar-refractivity contribution < 1.29 is 9.53 Å². The van der Waals surface area contributed by atoms with Gasteiger partial charge in [-0.15, -0.1) is 0 Å². The van der Waals surface area contributed by atoms with Crippen LogP contribution < -0.4 is 0 Å². The minimum absolute atomic E-state index is 0.0748. The molecule has 0 spiro atoms. The highest BCUT2D eigenvalue weighted by atomic mass is 16.5. The molecule has 4 heteroatoms. The quantitative estimate of drug-likeness (QED) is 0.656. The van der Waals surface area contributed by atoms with Crippen molar-refractivity contribution in [3.8, 4) is 6.07 Å². The fourth-order valence-electron chi connectivity index (χ4n) is 1.66. The zero-order valence-corrected chi connectivity index (χ0v) is 8.69. The van der Waals surface area contributed by atoms with Crippen molar-refractivity contribution in [3.05, 3.63) is 0 Å². The van der Waals surface area contributed by atoms with E-state index in [4.69, 9.17) is 10.00 Å². The van der Waals surface area contributed by atoms with E-state index in [2.05, 4.69) is 0 Å². The zero-order valence-electron chi connectivity index (χ0n) is 8.69. The van der Waals surface area contributed by atoms with Crippen molar-refractivity contribution in [2.75, 3.05) is 20.2 Å². The highest BCUT2D eigenvalue weighted by molar-refractivity contribution is 5.80. The topological polar surface area (TPSA) is 53.3 Å². The molecule has 1 heterocycles. The lowest BCUT2D eigenvalue weighted by atomic mass is 10.1. The maximum Gasteiger partial charge on any atom is 0.239 e. The van der Waals surface area contributed by atoms with Crippen LogP contribution in [0.3, 0.4) is 0 Å². The maximum atomic E-state index is 11.6. The molecular formula is C10H16N2O2. The van der Waals surface area contributed by atoms with Crippen LogP contribution in [0.4, 0.5) is 0 Å².